The lowest BCUT2D eigenvalue weighted by Gasteiger charge is -2.34. The van der Waals surface area contributed by atoms with E-state index in [-0.39, 0.29) is 0 Å². The molecular weight excluding hydrogens is 723 g/mol. The van der Waals surface area contributed by atoms with Gasteiger partial charge in [0, 0.05) is 33.3 Å². The van der Waals surface area contributed by atoms with Gasteiger partial charge in [0.2, 0.25) is 0 Å². The number of hydrogen-bond donors (Lipinski definition) is 0. The number of anilines is 3. The van der Waals surface area contributed by atoms with E-state index in [9.17, 15) is 0 Å². The maximum absolute atomic E-state index is 7.38. The minimum absolute atomic E-state index is 0.700. The third-order valence-electron chi connectivity index (χ3n) is 12.0. The van der Waals surface area contributed by atoms with Crippen LogP contribution >= 0.6 is 0 Å². The van der Waals surface area contributed by atoms with Gasteiger partial charge in [0.25, 0.3) is 0 Å². The molecule has 59 heavy (non-hydrogen) atoms. The minimum Gasteiger partial charge on any atom is -0.453 e. The summed E-state index contributed by atoms with van der Waals surface area (Å²) in [5.41, 5.74) is 12.9. The molecule has 0 radical (unpaired) electrons. The van der Waals surface area contributed by atoms with Crippen LogP contribution in [0.1, 0.15) is 22.3 Å². The molecule has 4 nitrogen and oxygen atoms in total. The summed E-state index contributed by atoms with van der Waals surface area (Å²) < 4.78 is 20.7. The van der Waals surface area contributed by atoms with Gasteiger partial charge < -0.3 is 18.8 Å². The van der Waals surface area contributed by atoms with Gasteiger partial charge in [-0.15, -0.1) is 0 Å². The van der Waals surface area contributed by atoms with Gasteiger partial charge in [-0.1, -0.05) is 164 Å². The average molecular weight is 758 g/mol. The molecule has 0 saturated heterocycles. The Bertz CT molecular complexity index is 3210. The van der Waals surface area contributed by atoms with E-state index in [4.69, 9.17) is 13.9 Å². The van der Waals surface area contributed by atoms with Crippen LogP contribution < -0.4 is 14.4 Å². The Hall–Kier alpha value is -7.82. The number of fused-ring (bicyclic) bond motifs is 9. The topological polar surface area (TPSA) is 34.8 Å². The molecule has 9 aromatic carbocycles. The second kappa shape index (κ2) is 13.1. The zero-order valence-electron chi connectivity index (χ0n) is 31.9. The molecular formula is C55H35NO3. The second-order valence-corrected chi connectivity index (χ2v) is 15.1. The van der Waals surface area contributed by atoms with Crippen molar-refractivity contribution in [2.24, 2.45) is 0 Å². The summed E-state index contributed by atoms with van der Waals surface area (Å²) in [6.07, 6.45) is 0. The molecule has 0 bridgehead atoms. The van der Waals surface area contributed by atoms with Crippen LogP contribution in [0, 0.1) is 0 Å². The summed E-state index contributed by atoms with van der Waals surface area (Å²) >= 11 is 0. The van der Waals surface area contributed by atoms with Crippen molar-refractivity contribution < 1.29 is 13.9 Å². The predicted molar refractivity (Wildman–Crippen MR) is 238 cm³/mol. The molecule has 1 atom stereocenters. The van der Waals surface area contributed by atoms with E-state index in [1.807, 2.05) is 24.3 Å². The first-order chi connectivity index (χ1) is 29.3. The van der Waals surface area contributed by atoms with Crippen LogP contribution in [-0.4, -0.2) is 0 Å². The third kappa shape index (κ3) is 4.96. The Morgan fingerprint density at radius 1 is 0.373 bits per heavy atom. The molecule has 10 aromatic rings. The standard InChI is InChI=1S/C55H35NO3/c1-4-16-36(17-5-1)37-30-32-40(33-31-37)56(39-20-8-3-9-21-39)47-27-15-24-42-41-23-14-26-46(52(41)59-53(42)47)55(38-18-6-2-7-19-38)44-25-11-10-22-43(44)51-45(55)34-35-50-54(51)58-49-29-13-12-28-48(49)57-50/h1-35H. The van der Waals surface area contributed by atoms with Crippen molar-refractivity contribution in [2.75, 3.05) is 4.90 Å². The van der Waals surface area contributed by atoms with Crippen LogP contribution in [0.15, 0.2) is 217 Å². The number of rotatable bonds is 6. The molecule has 1 aliphatic heterocycles. The van der Waals surface area contributed by atoms with E-state index in [0.29, 0.717) is 17.2 Å². The van der Waals surface area contributed by atoms with Gasteiger partial charge in [0.15, 0.2) is 28.6 Å². The first-order valence-electron chi connectivity index (χ1n) is 20.0. The number of nitrogens with zero attached hydrogens (tertiary/aromatic N) is 1. The molecule has 1 aromatic heterocycles. The van der Waals surface area contributed by atoms with Crippen molar-refractivity contribution in [1.29, 1.82) is 0 Å². The summed E-state index contributed by atoms with van der Waals surface area (Å²) in [5.74, 6) is 2.83. The van der Waals surface area contributed by atoms with Gasteiger partial charge in [-0.3, -0.25) is 0 Å². The van der Waals surface area contributed by atoms with E-state index >= 15 is 0 Å². The molecule has 0 fully saturated rings. The van der Waals surface area contributed by atoms with Gasteiger partial charge in [-0.2, -0.15) is 0 Å². The highest BCUT2D eigenvalue weighted by molar-refractivity contribution is 6.12. The summed E-state index contributed by atoms with van der Waals surface area (Å²) in [6.45, 7) is 0. The lowest BCUT2D eigenvalue weighted by Crippen LogP contribution is -2.28. The fourth-order valence-corrected chi connectivity index (χ4v) is 9.50. The van der Waals surface area contributed by atoms with Crippen LogP contribution in [0.2, 0.25) is 0 Å². The summed E-state index contributed by atoms with van der Waals surface area (Å²) in [5, 5.41) is 2.11. The Morgan fingerprint density at radius 2 is 0.966 bits per heavy atom. The molecule has 0 saturated carbocycles. The Kier molecular flexibility index (Phi) is 7.41. The average Bonchev–Trinajstić information content (AvgIpc) is 3.85. The van der Waals surface area contributed by atoms with Crippen LogP contribution in [0.4, 0.5) is 17.1 Å². The second-order valence-electron chi connectivity index (χ2n) is 15.1. The smallest absolute Gasteiger partial charge is 0.178 e. The number of hydrogen-bond acceptors (Lipinski definition) is 4. The normalized spacial score (nSPS) is 14.8. The Morgan fingerprint density at radius 3 is 1.75 bits per heavy atom. The molecule has 1 unspecified atom stereocenters. The summed E-state index contributed by atoms with van der Waals surface area (Å²) in [4.78, 5) is 2.30. The molecule has 0 N–H and O–H groups in total. The zero-order chi connectivity index (χ0) is 38.9. The van der Waals surface area contributed by atoms with Gasteiger partial charge >= 0.3 is 0 Å². The van der Waals surface area contributed by atoms with E-state index in [1.165, 1.54) is 11.1 Å². The Balaban J connectivity index is 1.11. The van der Waals surface area contributed by atoms with Gasteiger partial charge in [0.1, 0.15) is 5.58 Å². The van der Waals surface area contributed by atoms with Crippen molar-refractivity contribution in [3.63, 3.8) is 0 Å². The fourth-order valence-electron chi connectivity index (χ4n) is 9.50. The van der Waals surface area contributed by atoms with Gasteiger partial charge in [0.05, 0.1) is 11.1 Å². The van der Waals surface area contributed by atoms with Crippen LogP contribution in [-0.2, 0) is 5.41 Å². The zero-order valence-corrected chi connectivity index (χ0v) is 31.9. The van der Waals surface area contributed by atoms with Crippen LogP contribution in [0.5, 0.6) is 23.0 Å². The van der Waals surface area contributed by atoms with Crippen molar-refractivity contribution in [3.8, 4) is 45.3 Å². The SMILES string of the molecule is c1ccc(-c2ccc(N(c3ccccc3)c3cccc4c3oc3c(C5(c6ccccc6)c6ccccc6-c6c5ccc5c6Oc6ccccc6O5)cccc34)cc2)cc1. The predicted octanol–water partition coefficient (Wildman–Crippen LogP) is 15.0. The molecule has 4 heteroatoms. The first-order valence-corrected chi connectivity index (χ1v) is 20.0. The van der Waals surface area contributed by atoms with Gasteiger partial charge in [-0.05, 0) is 81.9 Å². The highest BCUT2D eigenvalue weighted by Gasteiger charge is 2.49. The molecule has 2 aliphatic rings. The van der Waals surface area contributed by atoms with E-state index in [0.717, 1.165) is 78.1 Å². The van der Waals surface area contributed by atoms with Crippen LogP contribution in [0.3, 0.4) is 0 Å². The number of para-hydroxylation sites is 5. The number of benzene rings is 9. The summed E-state index contributed by atoms with van der Waals surface area (Å²) in [7, 11) is 0. The lowest BCUT2D eigenvalue weighted by atomic mass is 9.67. The molecule has 1 aliphatic carbocycles. The van der Waals surface area contributed by atoms with Crippen molar-refractivity contribution in [1.82, 2.24) is 0 Å². The maximum atomic E-state index is 7.38. The highest BCUT2D eigenvalue weighted by atomic mass is 16.6. The monoisotopic (exact) mass is 757 g/mol. The van der Waals surface area contributed by atoms with E-state index in [2.05, 4.69) is 193 Å². The molecule has 12 rings (SSSR count). The fraction of sp³-hybridized carbons (Fsp3) is 0.0182. The largest absolute Gasteiger partial charge is 0.453 e. The third-order valence-corrected chi connectivity index (χ3v) is 12.0. The van der Waals surface area contributed by atoms with E-state index < -0.39 is 5.41 Å². The number of furan rings is 1. The quantitative estimate of drug-likeness (QED) is 0.169. The van der Waals surface area contributed by atoms with E-state index in [1.54, 1.807) is 0 Å². The lowest BCUT2D eigenvalue weighted by molar-refractivity contribution is 0.360. The first kappa shape index (κ1) is 33.3. The molecule has 0 amide bonds. The minimum atomic E-state index is -0.748. The Labute approximate surface area is 341 Å². The molecule has 0 spiro atoms. The van der Waals surface area contributed by atoms with Gasteiger partial charge in [-0.25, -0.2) is 0 Å². The molecule has 278 valence electrons. The molecule has 2 heterocycles. The van der Waals surface area contributed by atoms with Crippen LogP contribution in [0.25, 0.3) is 44.2 Å². The number of ether oxygens (including phenoxy) is 2. The summed E-state index contributed by atoms with van der Waals surface area (Å²) in [6, 6.07) is 74.6. The van der Waals surface area contributed by atoms with Crippen molar-refractivity contribution in [2.45, 2.75) is 5.41 Å². The van der Waals surface area contributed by atoms with Crippen molar-refractivity contribution in [3.05, 3.63) is 235 Å². The van der Waals surface area contributed by atoms with Crippen molar-refractivity contribution >= 4 is 39.0 Å². The maximum Gasteiger partial charge on any atom is 0.178 e. The highest BCUT2D eigenvalue weighted by Crippen LogP contribution is 2.63.